The summed E-state index contributed by atoms with van der Waals surface area (Å²) in [6, 6.07) is 18.1. The van der Waals surface area contributed by atoms with Gasteiger partial charge in [-0.25, -0.2) is 0 Å². The van der Waals surface area contributed by atoms with Crippen molar-refractivity contribution in [1.29, 1.82) is 0 Å². The summed E-state index contributed by atoms with van der Waals surface area (Å²) >= 11 is 0. The lowest BCUT2D eigenvalue weighted by atomic mass is 10.0. The molecule has 1 aliphatic heterocycles. The van der Waals surface area contributed by atoms with Crippen LogP contribution in [0.4, 0.5) is 11.4 Å². The first-order valence-electron chi connectivity index (χ1n) is 15.2. The van der Waals surface area contributed by atoms with Gasteiger partial charge in [-0.3, -0.25) is 19.5 Å². The van der Waals surface area contributed by atoms with Crippen LogP contribution in [0.25, 0.3) is 11.0 Å². The van der Waals surface area contributed by atoms with Gasteiger partial charge in [-0.2, -0.15) is 0 Å². The minimum atomic E-state index is -0.412. The van der Waals surface area contributed by atoms with Gasteiger partial charge in [0.2, 0.25) is 0 Å². The second kappa shape index (κ2) is 13.8. The third-order valence-electron chi connectivity index (χ3n) is 8.29. The molecule has 6 rings (SSSR count). The van der Waals surface area contributed by atoms with Gasteiger partial charge in [-0.1, -0.05) is 12.1 Å². The van der Waals surface area contributed by atoms with E-state index in [9.17, 15) is 9.59 Å². The van der Waals surface area contributed by atoms with Crippen LogP contribution in [0.5, 0.6) is 23.0 Å². The minimum Gasteiger partial charge on any atom is -0.493 e. The van der Waals surface area contributed by atoms with Gasteiger partial charge in [0, 0.05) is 54.3 Å². The van der Waals surface area contributed by atoms with Gasteiger partial charge in [-0.15, -0.1) is 0 Å². The number of nitrogens with one attached hydrogen (secondary N) is 2. The van der Waals surface area contributed by atoms with Crippen molar-refractivity contribution in [2.75, 3.05) is 52.2 Å². The molecule has 0 fully saturated rings. The number of anilines is 2. The molecule has 3 aromatic carbocycles. The molecule has 11 nitrogen and oxygen atoms in total. The summed E-state index contributed by atoms with van der Waals surface area (Å²) in [7, 11) is 6.23. The molecule has 3 heterocycles. The summed E-state index contributed by atoms with van der Waals surface area (Å²) in [6.45, 7) is 2.52. The van der Waals surface area contributed by atoms with Crippen LogP contribution in [0.3, 0.4) is 0 Å². The number of pyridine rings is 1. The number of aromatic nitrogens is 1. The maximum Gasteiger partial charge on any atom is 0.257 e. The number of furan rings is 1. The quantitative estimate of drug-likeness (QED) is 0.181. The molecule has 0 bridgehead atoms. The van der Waals surface area contributed by atoms with Crippen molar-refractivity contribution < 1.29 is 33.0 Å². The highest BCUT2D eigenvalue weighted by atomic mass is 16.5. The van der Waals surface area contributed by atoms with Crippen molar-refractivity contribution in [1.82, 2.24) is 9.88 Å². The fourth-order valence-corrected chi connectivity index (χ4v) is 5.77. The van der Waals surface area contributed by atoms with Crippen LogP contribution in [0, 0.1) is 0 Å². The van der Waals surface area contributed by atoms with Gasteiger partial charge in [-0.05, 0) is 54.8 Å². The average molecular weight is 637 g/mol. The lowest BCUT2D eigenvalue weighted by molar-refractivity contribution is 0.102. The predicted molar refractivity (Wildman–Crippen MR) is 178 cm³/mol. The zero-order chi connectivity index (χ0) is 32.9. The van der Waals surface area contributed by atoms with Crippen molar-refractivity contribution in [3.63, 3.8) is 0 Å². The highest BCUT2D eigenvalue weighted by Crippen LogP contribution is 2.38. The van der Waals surface area contributed by atoms with Crippen molar-refractivity contribution >= 4 is 34.2 Å². The molecule has 0 saturated carbocycles. The Balaban J connectivity index is 1.11. The Hall–Kier alpha value is -5.55. The number of fused-ring (bicyclic) bond motifs is 3. The number of methoxy groups -OCH3 is 4. The molecule has 5 aromatic rings. The van der Waals surface area contributed by atoms with Gasteiger partial charge in [0.25, 0.3) is 11.8 Å². The number of carbonyl (C=O) groups excluding carboxylic acids is 2. The third kappa shape index (κ3) is 6.70. The largest absolute Gasteiger partial charge is 0.493 e. The maximum atomic E-state index is 13.5. The van der Waals surface area contributed by atoms with Crippen LogP contribution >= 0.6 is 0 Å². The highest BCUT2D eigenvalue weighted by Gasteiger charge is 2.24. The van der Waals surface area contributed by atoms with E-state index in [1.165, 1.54) is 26.0 Å². The van der Waals surface area contributed by atoms with Gasteiger partial charge >= 0.3 is 0 Å². The smallest absolute Gasteiger partial charge is 0.257 e. The molecule has 2 N–H and O–H groups in total. The van der Waals surface area contributed by atoms with Crippen LogP contribution < -0.4 is 29.6 Å². The van der Waals surface area contributed by atoms with Gasteiger partial charge in [0.15, 0.2) is 23.0 Å². The molecular weight excluding hydrogens is 600 g/mol. The Labute approximate surface area is 272 Å². The topological polar surface area (TPSA) is 124 Å². The number of amides is 2. The second-order valence-corrected chi connectivity index (χ2v) is 11.1. The molecule has 0 unspecified atom stereocenters. The first kappa shape index (κ1) is 31.4. The first-order valence-corrected chi connectivity index (χ1v) is 15.2. The van der Waals surface area contributed by atoms with E-state index in [4.69, 9.17) is 23.4 Å². The Morgan fingerprint density at radius 3 is 2.26 bits per heavy atom. The number of nitrogens with zero attached hydrogens (tertiary/aromatic N) is 2. The number of carbonyl (C=O) groups is 2. The van der Waals surface area contributed by atoms with Gasteiger partial charge < -0.3 is 34.0 Å². The molecule has 47 heavy (non-hydrogen) atoms. The molecule has 0 aliphatic carbocycles. The SMILES string of the molecule is COc1cc(NC(=O)c2cccnc2)c(C(=O)Nc2ccc(CCN3CCc4c(oc5cc(OC)c(OC)cc45)C3)cc2)cc1OC. The number of benzene rings is 3. The van der Waals surface area contributed by atoms with Crippen molar-refractivity contribution in [3.05, 3.63) is 101 Å². The number of ether oxygens (including phenoxy) is 4. The summed E-state index contributed by atoms with van der Waals surface area (Å²) in [4.78, 5) is 32.7. The summed E-state index contributed by atoms with van der Waals surface area (Å²) < 4.78 is 28.0. The molecule has 11 heteroatoms. The number of hydrogen-bond acceptors (Lipinski definition) is 9. The van der Waals surface area contributed by atoms with E-state index in [2.05, 4.69) is 20.5 Å². The molecular formula is C36H36N4O7. The molecule has 2 aromatic heterocycles. The van der Waals surface area contributed by atoms with Crippen molar-refractivity contribution in [2.45, 2.75) is 19.4 Å². The van der Waals surface area contributed by atoms with E-state index in [0.717, 1.165) is 54.8 Å². The lowest BCUT2D eigenvalue weighted by Gasteiger charge is -2.26. The molecule has 0 radical (unpaired) electrons. The zero-order valence-corrected chi connectivity index (χ0v) is 26.7. The summed E-state index contributed by atoms with van der Waals surface area (Å²) in [5.41, 5.74) is 4.65. The van der Waals surface area contributed by atoms with Crippen molar-refractivity contribution in [2.24, 2.45) is 0 Å². The van der Waals surface area contributed by atoms with Gasteiger partial charge in [0.05, 0.1) is 51.8 Å². The van der Waals surface area contributed by atoms with E-state index >= 15 is 0 Å². The summed E-state index contributed by atoms with van der Waals surface area (Å²) in [6.07, 6.45) is 4.77. The second-order valence-electron chi connectivity index (χ2n) is 11.1. The molecule has 0 atom stereocenters. The monoisotopic (exact) mass is 636 g/mol. The van der Waals surface area contributed by atoms with Crippen LogP contribution in [-0.4, -0.2) is 63.2 Å². The van der Waals surface area contributed by atoms with E-state index in [0.29, 0.717) is 34.2 Å². The Morgan fingerprint density at radius 1 is 0.851 bits per heavy atom. The van der Waals surface area contributed by atoms with Crippen LogP contribution in [0.1, 0.15) is 37.6 Å². The Bertz CT molecular complexity index is 1910. The van der Waals surface area contributed by atoms with E-state index < -0.39 is 11.8 Å². The fourth-order valence-electron chi connectivity index (χ4n) is 5.77. The maximum absolute atomic E-state index is 13.5. The minimum absolute atomic E-state index is 0.218. The van der Waals surface area contributed by atoms with Crippen molar-refractivity contribution in [3.8, 4) is 23.0 Å². The van der Waals surface area contributed by atoms with Crippen LogP contribution in [-0.2, 0) is 19.4 Å². The number of hydrogen-bond donors (Lipinski definition) is 2. The standard InChI is InChI=1S/C36H36N4O7/c1-43-30-16-26-25-12-15-40(21-34(25)47-29(26)19-33(30)46-4)14-11-22-7-9-24(10-8-22)38-36(42)27-17-31(44-2)32(45-3)18-28(27)39-35(41)23-6-5-13-37-20-23/h5-10,13,16-20H,11-12,14-15,21H2,1-4H3,(H,38,42)(H,39,41). The summed E-state index contributed by atoms with van der Waals surface area (Å²) in [5.74, 6) is 2.24. The Morgan fingerprint density at radius 2 is 1.55 bits per heavy atom. The third-order valence-corrected chi connectivity index (χ3v) is 8.29. The predicted octanol–water partition coefficient (Wildman–Crippen LogP) is 5.97. The molecule has 242 valence electrons. The molecule has 0 saturated heterocycles. The summed E-state index contributed by atoms with van der Waals surface area (Å²) in [5, 5.41) is 6.81. The molecule has 2 amide bonds. The average Bonchev–Trinajstić information content (AvgIpc) is 3.47. The van der Waals surface area contributed by atoms with E-state index in [1.54, 1.807) is 44.7 Å². The molecule has 0 spiro atoms. The van der Waals surface area contributed by atoms with Gasteiger partial charge in [0.1, 0.15) is 11.3 Å². The zero-order valence-electron chi connectivity index (χ0n) is 26.7. The Kier molecular flexibility index (Phi) is 9.25. The van der Waals surface area contributed by atoms with E-state index in [-0.39, 0.29) is 11.3 Å². The van der Waals surface area contributed by atoms with E-state index in [1.807, 2.05) is 36.4 Å². The fraction of sp³-hybridized carbons (Fsp3) is 0.250. The highest BCUT2D eigenvalue weighted by molar-refractivity contribution is 6.13. The van der Waals surface area contributed by atoms with Crippen LogP contribution in [0.2, 0.25) is 0 Å². The molecule has 1 aliphatic rings. The normalized spacial score (nSPS) is 12.7. The lowest BCUT2D eigenvalue weighted by Crippen LogP contribution is -2.31. The first-order chi connectivity index (χ1) is 22.9. The van der Waals surface area contributed by atoms with Crippen LogP contribution in [0.15, 0.2) is 77.5 Å². The number of rotatable bonds is 11.